The zero-order valence-corrected chi connectivity index (χ0v) is 18.1. The Morgan fingerprint density at radius 2 is 1.85 bits per heavy atom. The van der Waals surface area contributed by atoms with Gasteiger partial charge in [-0.15, -0.1) is 0 Å². The van der Waals surface area contributed by atoms with Crippen LogP contribution < -0.4 is 0 Å². The zero-order valence-electron chi connectivity index (χ0n) is 18.1. The Hall–Kier alpha value is -0.300. The van der Waals surface area contributed by atoms with Crippen LogP contribution in [0.5, 0.6) is 0 Å². The van der Waals surface area contributed by atoms with Crippen LogP contribution in [0.1, 0.15) is 97.8 Å². The summed E-state index contributed by atoms with van der Waals surface area (Å²) in [5, 5.41) is 10.1. The number of hydrogen-bond acceptors (Lipinski definition) is 1. The SMILES string of the molecule is C[C@H](CCC1(C)CC1)[C@H]1CC[C@H]2[C@@H]3CC=C4C[C@@H](O)CC[C@@H]4[C@H]3CC[C@]12C. The molecular weight excluding hydrogens is 328 g/mol. The van der Waals surface area contributed by atoms with Gasteiger partial charge in [0.1, 0.15) is 0 Å². The molecule has 0 aliphatic heterocycles. The summed E-state index contributed by atoms with van der Waals surface area (Å²) in [6.45, 7) is 7.80. The van der Waals surface area contributed by atoms with Gasteiger partial charge in [-0.25, -0.2) is 0 Å². The van der Waals surface area contributed by atoms with Gasteiger partial charge < -0.3 is 5.11 Å². The van der Waals surface area contributed by atoms with Gasteiger partial charge in [-0.2, -0.15) is 0 Å². The van der Waals surface area contributed by atoms with Gasteiger partial charge in [-0.05, 0) is 123 Å². The van der Waals surface area contributed by atoms with Crippen molar-refractivity contribution >= 4 is 0 Å². The molecule has 5 rings (SSSR count). The van der Waals surface area contributed by atoms with Crippen molar-refractivity contribution in [3.63, 3.8) is 0 Å². The fourth-order valence-corrected chi connectivity index (χ4v) is 8.47. The summed E-state index contributed by atoms with van der Waals surface area (Å²) in [4.78, 5) is 0. The van der Waals surface area contributed by atoms with Gasteiger partial charge in [0, 0.05) is 0 Å². The van der Waals surface area contributed by atoms with Crippen molar-refractivity contribution in [1.29, 1.82) is 0 Å². The molecule has 152 valence electrons. The molecule has 0 aromatic rings. The summed E-state index contributed by atoms with van der Waals surface area (Å²) in [7, 11) is 0. The second kappa shape index (κ2) is 6.61. The van der Waals surface area contributed by atoms with E-state index in [1.165, 1.54) is 64.2 Å². The fraction of sp³-hybridized carbons (Fsp3) is 0.923. The molecule has 1 nitrogen and oxygen atoms in total. The molecule has 0 saturated heterocycles. The quantitative estimate of drug-likeness (QED) is 0.542. The molecule has 4 fully saturated rings. The van der Waals surface area contributed by atoms with Crippen molar-refractivity contribution < 1.29 is 5.11 Å². The first-order valence-electron chi connectivity index (χ1n) is 12.3. The van der Waals surface area contributed by atoms with Crippen LogP contribution in [0.25, 0.3) is 0 Å². The smallest absolute Gasteiger partial charge is 0.0577 e. The van der Waals surface area contributed by atoms with E-state index in [4.69, 9.17) is 0 Å². The van der Waals surface area contributed by atoms with E-state index in [1.807, 2.05) is 0 Å². The first kappa shape index (κ1) is 18.7. The van der Waals surface area contributed by atoms with Crippen molar-refractivity contribution in [1.82, 2.24) is 0 Å². The van der Waals surface area contributed by atoms with Crippen LogP contribution in [-0.2, 0) is 0 Å². The molecule has 5 aliphatic carbocycles. The molecule has 0 heterocycles. The number of aliphatic hydroxyl groups is 1. The van der Waals surface area contributed by atoms with Crippen LogP contribution >= 0.6 is 0 Å². The highest BCUT2D eigenvalue weighted by molar-refractivity contribution is 5.20. The van der Waals surface area contributed by atoms with E-state index < -0.39 is 0 Å². The number of allylic oxidation sites excluding steroid dienone is 1. The third-order valence-electron chi connectivity index (χ3n) is 10.5. The molecule has 4 saturated carbocycles. The maximum absolute atomic E-state index is 10.1. The van der Waals surface area contributed by atoms with Gasteiger partial charge in [0.2, 0.25) is 0 Å². The Balaban J connectivity index is 1.30. The first-order valence-corrected chi connectivity index (χ1v) is 12.3. The van der Waals surface area contributed by atoms with Crippen LogP contribution in [0.3, 0.4) is 0 Å². The second-order valence-corrected chi connectivity index (χ2v) is 12.0. The van der Waals surface area contributed by atoms with Crippen molar-refractivity contribution in [3.05, 3.63) is 11.6 Å². The predicted molar refractivity (Wildman–Crippen MR) is 112 cm³/mol. The van der Waals surface area contributed by atoms with Crippen LogP contribution in [0.15, 0.2) is 11.6 Å². The maximum Gasteiger partial charge on any atom is 0.0577 e. The highest BCUT2D eigenvalue weighted by atomic mass is 16.3. The van der Waals surface area contributed by atoms with Gasteiger partial charge in [-0.3, -0.25) is 0 Å². The molecular formula is C26H42O. The Morgan fingerprint density at radius 3 is 2.63 bits per heavy atom. The Bertz CT molecular complexity index is 601. The largest absolute Gasteiger partial charge is 0.393 e. The third-order valence-corrected chi connectivity index (χ3v) is 10.5. The molecule has 1 N–H and O–H groups in total. The van der Waals surface area contributed by atoms with Gasteiger partial charge in [0.15, 0.2) is 0 Å². The van der Waals surface area contributed by atoms with Gasteiger partial charge in [0.25, 0.3) is 0 Å². The topological polar surface area (TPSA) is 20.2 Å². The highest BCUT2D eigenvalue weighted by Crippen LogP contribution is 2.65. The molecule has 1 heteroatoms. The van der Waals surface area contributed by atoms with E-state index in [0.717, 1.165) is 53.8 Å². The molecule has 0 radical (unpaired) electrons. The van der Waals surface area contributed by atoms with Gasteiger partial charge in [-0.1, -0.05) is 32.4 Å². The first-order chi connectivity index (χ1) is 12.9. The third kappa shape index (κ3) is 3.15. The van der Waals surface area contributed by atoms with Crippen LogP contribution in [0, 0.1) is 46.3 Å². The van der Waals surface area contributed by atoms with Gasteiger partial charge >= 0.3 is 0 Å². The Morgan fingerprint density at radius 1 is 1.04 bits per heavy atom. The number of rotatable bonds is 4. The molecule has 0 aromatic carbocycles. The van der Waals surface area contributed by atoms with E-state index in [1.54, 1.807) is 5.57 Å². The van der Waals surface area contributed by atoms with E-state index >= 15 is 0 Å². The summed E-state index contributed by atoms with van der Waals surface area (Å²) < 4.78 is 0. The number of fused-ring (bicyclic) bond motifs is 5. The second-order valence-electron chi connectivity index (χ2n) is 12.0. The average molecular weight is 371 g/mol. The molecule has 0 bridgehead atoms. The highest BCUT2D eigenvalue weighted by Gasteiger charge is 2.56. The van der Waals surface area contributed by atoms with Crippen LogP contribution in [0.4, 0.5) is 0 Å². The van der Waals surface area contributed by atoms with E-state index in [9.17, 15) is 5.11 Å². The average Bonchev–Trinajstić information content (AvgIpc) is 3.27. The minimum Gasteiger partial charge on any atom is -0.393 e. The van der Waals surface area contributed by atoms with Gasteiger partial charge in [0.05, 0.1) is 6.10 Å². The monoisotopic (exact) mass is 370 g/mol. The summed E-state index contributed by atoms with van der Waals surface area (Å²) in [5.41, 5.74) is 2.98. The zero-order chi connectivity index (χ0) is 18.8. The summed E-state index contributed by atoms with van der Waals surface area (Å²) in [6.07, 6.45) is 19.0. The van der Waals surface area contributed by atoms with Crippen molar-refractivity contribution in [2.24, 2.45) is 46.3 Å². The minimum atomic E-state index is -0.0528. The Labute approximate surface area is 167 Å². The van der Waals surface area contributed by atoms with E-state index in [2.05, 4.69) is 26.8 Å². The maximum atomic E-state index is 10.1. The molecule has 0 unspecified atom stereocenters. The van der Waals surface area contributed by atoms with Crippen molar-refractivity contribution in [2.75, 3.05) is 0 Å². The molecule has 8 atom stereocenters. The normalized spacial score (nSPS) is 48.8. The lowest BCUT2D eigenvalue weighted by Gasteiger charge is -2.54. The number of aliphatic hydroxyl groups excluding tert-OH is 1. The van der Waals surface area contributed by atoms with Crippen molar-refractivity contribution in [3.8, 4) is 0 Å². The van der Waals surface area contributed by atoms with Crippen molar-refractivity contribution in [2.45, 2.75) is 104 Å². The molecule has 0 aromatic heterocycles. The summed E-state index contributed by atoms with van der Waals surface area (Å²) >= 11 is 0. The molecule has 27 heavy (non-hydrogen) atoms. The predicted octanol–water partition coefficient (Wildman–Crippen LogP) is 6.75. The lowest BCUT2D eigenvalue weighted by molar-refractivity contribution is -0.0297. The molecule has 0 spiro atoms. The summed E-state index contributed by atoms with van der Waals surface area (Å²) in [6, 6.07) is 0. The summed E-state index contributed by atoms with van der Waals surface area (Å²) in [5.74, 6) is 5.59. The van der Waals surface area contributed by atoms with Crippen LogP contribution in [0.2, 0.25) is 0 Å². The lowest BCUT2D eigenvalue weighted by atomic mass is 9.51. The standard InChI is InChI=1S/C26H42O/c1-17(10-12-25(2)14-15-25)23-8-9-24-22-6-4-18-16-19(27)5-7-20(18)21(22)11-13-26(23,24)3/h4,17,19-24,27H,5-16H2,1-3H3/t17-,19+,20+,21-,22-,23-,24+,26-/m1/s1. The molecule has 5 aliphatic rings. The van der Waals surface area contributed by atoms with Crippen LogP contribution in [-0.4, -0.2) is 11.2 Å². The molecule has 0 amide bonds. The van der Waals surface area contributed by atoms with E-state index in [-0.39, 0.29) is 6.10 Å². The van der Waals surface area contributed by atoms with E-state index in [0.29, 0.717) is 5.41 Å². The minimum absolute atomic E-state index is 0.0528. The lowest BCUT2D eigenvalue weighted by Crippen LogP contribution is -2.47. The Kier molecular flexibility index (Phi) is 4.58. The fourth-order valence-electron chi connectivity index (χ4n) is 8.47. The number of hydrogen-bond donors (Lipinski definition) is 1.